The zero-order chi connectivity index (χ0) is 14.5. The van der Waals surface area contributed by atoms with Crippen molar-refractivity contribution < 1.29 is 9.90 Å². The highest BCUT2D eigenvalue weighted by molar-refractivity contribution is 7.09. The Bertz CT molecular complexity index is 412. The van der Waals surface area contributed by atoms with Crippen LogP contribution in [0.15, 0.2) is 5.38 Å². The van der Waals surface area contributed by atoms with E-state index in [2.05, 4.69) is 41.8 Å². The zero-order valence-electron chi connectivity index (χ0n) is 12.0. The number of nitrogens with one attached hydrogen (secondary N) is 2. The van der Waals surface area contributed by atoms with Crippen LogP contribution in [0.3, 0.4) is 0 Å². The molecular formula is C13H23N3O2S. The molecule has 5 nitrogen and oxygen atoms in total. The third kappa shape index (κ3) is 5.57. The summed E-state index contributed by atoms with van der Waals surface area (Å²) in [6.07, 6.45) is 0.724. The van der Waals surface area contributed by atoms with Crippen LogP contribution < -0.4 is 10.6 Å². The van der Waals surface area contributed by atoms with Crippen molar-refractivity contribution in [2.75, 3.05) is 13.2 Å². The average Bonchev–Trinajstić information content (AvgIpc) is 2.77. The van der Waals surface area contributed by atoms with Crippen LogP contribution in [0.5, 0.6) is 0 Å². The van der Waals surface area contributed by atoms with Crippen LogP contribution >= 0.6 is 11.3 Å². The first-order valence-electron chi connectivity index (χ1n) is 6.43. The van der Waals surface area contributed by atoms with Crippen LogP contribution in [0.4, 0.5) is 4.79 Å². The van der Waals surface area contributed by atoms with Crippen molar-refractivity contribution in [1.82, 2.24) is 15.6 Å². The standard InChI is InChI=1S/C13H23N3O2S/c1-9(7-17)15-12(18)14-6-5-11-16-10(8-19-11)13(2,3)4/h8-9,17H,5-7H2,1-4H3,(H2,14,15,18). The number of hydrogen-bond acceptors (Lipinski definition) is 4. The molecule has 19 heavy (non-hydrogen) atoms. The Labute approximate surface area is 118 Å². The fourth-order valence-corrected chi connectivity index (χ4v) is 2.40. The van der Waals surface area contributed by atoms with E-state index in [0.29, 0.717) is 6.54 Å². The highest BCUT2D eigenvalue weighted by Crippen LogP contribution is 2.23. The van der Waals surface area contributed by atoms with E-state index in [-0.39, 0.29) is 24.1 Å². The number of carbonyl (C=O) groups is 1. The molecule has 108 valence electrons. The van der Waals surface area contributed by atoms with Gasteiger partial charge in [-0.15, -0.1) is 11.3 Å². The molecule has 0 saturated heterocycles. The molecule has 2 amide bonds. The fraction of sp³-hybridized carbons (Fsp3) is 0.692. The number of carbonyl (C=O) groups excluding carboxylic acids is 1. The lowest BCUT2D eigenvalue weighted by atomic mass is 9.93. The Morgan fingerprint density at radius 1 is 1.53 bits per heavy atom. The van der Waals surface area contributed by atoms with E-state index >= 15 is 0 Å². The van der Waals surface area contributed by atoms with Crippen LogP contribution in [0.1, 0.15) is 38.4 Å². The predicted octanol–water partition coefficient (Wildman–Crippen LogP) is 1.66. The first-order valence-corrected chi connectivity index (χ1v) is 7.31. The maximum atomic E-state index is 11.4. The molecule has 0 spiro atoms. The predicted molar refractivity (Wildman–Crippen MR) is 77.6 cm³/mol. The highest BCUT2D eigenvalue weighted by Gasteiger charge is 2.17. The van der Waals surface area contributed by atoms with Gasteiger partial charge in [-0.1, -0.05) is 20.8 Å². The fourth-order valence-electron chi connectivity index (χ4n) is 1.37. The van der Waals surface area contributed by atoms with Crippen molar-refractivity contribution in [3.8, 4) is 0 Å². The Morgan fingerprint density at radius 2 is 2.21 bits per heavy atom. The molecule has 0 aromatic carbocycles. The van der Waals surface area contributed by atoms with Gasteiger partial charge in [-0.3, -0.25) is 0 Å². The summed E-state index contributed by atoms with van der Waals surface area (Å²) in [6, 6.07) is -0.485. The maximum absolute atomic E-state index is 11.4. The first kappa shape index (κ1) is 15.9. The summed E-state index contributed by atoms with van der Waals surface area (Å²) in [5.41, 5.74) is 1.15. The minimum absolute atomic E-state index is 0.0607. The van der Waals surface area contributed by atoms with E-state index in [1.807, 2.05) is 0 Å². The number of amides is 2. The van der Waals surface area contributed by atoms with E-state index in [9.17, 15) is 4.79 Å². The Hall–Kier alpha value is -1.14. The van der Waals surface area contributed by atoms with Gasteiger partial charge < -0.3 is 15.7 Å². The first-order chi connectivity index (χ1) is 8.82. The van der Waals surface area contributed by atoms with Crippen molar-refractivity contribution in [3.63, 3.8) is 0 Å². The molecule has 0 aliphatic heterocycles. The average molecular weight is 285 g/mol. The number of hydrogen-bond donors (Lipinski definition) is 3. The summed E-state index contributed by atoms with van der Waals surface area (Å²) in [4.78, 5) is 16.0. The van der Waals surface area contributed by atoms with Gasteiger partial charge in [0.25, 0.3) is 0 Å². The third-order valence-electron chi connectivity index (χ3n) is 2.60. The Morgan fingerprint density at radius 3 is 2.74 bits per heavy atom. The molecule has 1 unspecified atom stereocenters. The second-order valence-corrected chi connectivity index (χ2v) is 6.55. The van der Waals surface area contributed by atoms with E-state index < -0.39 is 0 Å². The largest absolute Gasteiger partial charge is 0.394 e. The Kier molecular flexibility index (Phi) is 5.75. The van der Waals surface area contributed by atoms with Gasteiger partial charge >= 0.3 is 6.03 Å². The molecule has 1 rings (SSSR count). The van der Waals surface area contributed by atoms with Crippen molar-refractivity contribution in [1.29, 1.82) is 0 Å². The summed E-state index contributed by atoms with van der Waals surface area (Å²) < 4.78 is 0. The molecule has 0 aliphatic rings. The molecule has 6 heteroatoms. The normalized spacial score (nSPS) is 13.1. The number of aliphatic hydroxyl groups excluding tert-OH is 1. The van der Waals surface area contributed by atoms with E-state index in [0.717, 1.165) is 17.1 Å². The smallest absolute Gasteiger partial charge is 0.315 e. The van der Waals surface area contributed by atoms with Crippen molar-refractivity contribution >= 4 is 17.4 Å². The van der Waals surface area contributed by atoms with Gasteiger partial charge in [0.1, 0.15) is 0 Å². The van der Waals surface area contributed by atoms with Crippen LogP contribution in [0, 0.1) is 0 Å². The summed E-state index contributed by atoms with van der Waals surface area (Å²) in [7, 11) is 0. The number of urea groups is 1. The summed E-state index contributed by atoms with van der Waals surface area (Å²) >= 11 is 1.62. The van der Waals surface area contributed by atoms with Gasteiger partial charge in [-0.05, 0) is 6.92 Å². The van der Waals surface area contributed by atoms with Crippen LogP contribution in [-0.4, -0.2) is 35.3 Å². The monoisotopic (exact) mass is 285 g/mol. The molecule has 1 atom stereocenters. The molecule has 0 fully saturated rings. The minimum atomic E-state index is -0.255. The van der Waals surface area contributed by atoms with Crippen molar-refractivity contribution in [2.45, 2.75) is 45.6 Å². The van der Waals surface area contributed by atoms with Gasteiger partial charge in [0.15, 0.2) is 0 Å². The lowest BCUT2D eigenvalue weighted by Gasteiger charge is -2.14. The van der Waals surface area contributed by atoms with E-state index in [4.69, 9.17) is 5.11 Å². The lowest BCUT2D eigenvalue weighted by molar-refractivity contribution is 0.220. The van der Waals surface area contributed by atoms with Crippen molar-refractivity contribution in [3.05, 3.63) is 16.1 Å². The minimum Gasteiger partial charge on any atom is -0.394 e. The molecule has 0 saturated carbocycles. The number of nitrogens with zero attached hydrogens (tertiary/aromatic N) is 1. The van der Waals surface area contributed by atoms with Crippen LogP contribution in [0.2, 0.25) is 0 Å². The number of aliphatic hydroxyl groups is 1. The molecular weight excluding hydrogens is 262 g/mol. The number of rotatable bonds is 5. The van der Waals surface area contributed by atoms with Gasteiger partial charge in [0.2, 0.25) is 0 Å². The third-order valence-corrected chi connectivity index (χ3v) is 3.50. The molecule has 0 bridgehead atoms. The van der Waals surface area contributed by atoms with Gasteiger partial charge in [-0.2, -0.15) is 0 Å². The van der Waals surface area contributed by atoms with Gasteiger partial charge in [0.05, 0.1) is 23.4 Å². The quantitative estimate of drug-likeness (QED) is 0.770. The molecule has 1 aromatic rings. The van der Waals surface area contributed by atoms with E-state index in [1.54, 1.807) is 18.3 Å². The topological polar surface area (TPSA) is 74.2 Å². The summed E-state index contributed by atoms with van der Waals surface area (Å²) in [6.45, 7) is 8.63. The maximum Gasteiger partial charge on any atom is 0.315 e. The molecule has 0 aliphatic carbocycles. The van der Waals surface area contributed by atoms with Crippen LogP contribution in [-0.2, 0) is 11.8 Å². The van der Waals surface area contributed by atoms with E-state index in [1.165, 1.54) is 0 Å². The SMILES string of the molecule is CC(CO)NC(=O)NCCc1nc(C(C)(C)C)cs1. The van der Waals surface area contributed by atoms with Crippen molar-refractivity contribution in [2.24, 2.45) is 0 Å². The number of thiazole rings is 1. The second-order valence-electron chi connectivity index (χ2n) is 5.61. The molecule has 1 heterocycles. The summed E-state index contributed by atoms with van der Waals surface area (Å²) in [5, 5.41) is 17.3. The van der Waals surface area contributed by atoms with Gasteiger partial charge in [0, 0.05) is 23.8 Å². The van der Waals surface area contributed by atoms with Gasteiger partial charge in [-0.25, -0.2) is 9.78 Å². The lowest BCUT2D eigenvalue weighted by Crippen LogP contribution is -2.42. The molecule has 1 aromatic heterocycles. The highest BCUT2D eigenvalue weighted by atomic mass is 32.1. The molecule has 3 N–H and O–H groups in total. The Balaban J connectivity index is 2.34. The second kappa shape index (κ2) is 6.86. The molecule has 0 radical (unpaired) electrons. The zero-order valence-corrected chi connectivity index (χ0v) is 12.8. The summed E-state index contributed by atoms with van der Waals surface area (Å²) in [5.74, 6) is 0. The van der Waals surface area contributed by atoms with Crippen LogP contribution in [0.25, 0.3) is 0 Å². The number of aromatic nitrogens is 1.